The molecule has 0 atom stereocenters. The monoisotopic (exact) mass is 596 g/mol. The summed E-state index contributed by atoms with van der Waals surface area (Å²) in [5.74, 6) is 0. The molecule has 2 heterocycles. The van der Waals surface area contributed by atoms with Gasteiger partial charge in [-0.25, -0.2) is 4.57 Å². The smallest absolute Gasteiger partial charge is 0.216 e. The van der Waals surface area contributed by atoms with Crippen LogP contribution in [0.5, 0.6) is 0 Å². The third-order valence-electron chi connectivity index (χ3n) is 8.24. The Bertz CT molecular complexity index is 2210. The van der Waals surface area contributed by atoms with Crippen molar-refractivity contribution in [1.82, 2.24) is 0 Å². The SMILES string of the molecule is [2H]c1cc(C([2H])([2H])C(C)(C)C)cc(-c2c(C)ccc3c2oc2c(-c4ccc(-c5ccc([Si](C)(C)C)cc5)cc4)c(C#N)ccc23)[n+]1C. The summed E-state index contributed by atoms with van der Waals surface area (Å²) < 4.78 is 35.2. The van der Waals surface area contributed by atoms with E-state index in [1.54, 1.807) is 10.6 Å². The Labute approximate surface area is 266 Å². The highest BCUT2D eigenvalue weighted by Gasteiger charge is 2.24. The maximum Gasteiger partial charge on any atom is 0.216 e. The standard InChI is InChI=1S/C40H41N2OSi/c1-26-9-19-33-34-20-16-31(25-41)37(30-12-10-28(11-13-30)29-14-17-32(18-15-29)44(6,7)8)39(34)43-38(33)36(26)35-23-27(21-22-42(35)5)24-40(2,3)4/h9-23H,24H2,1-8H3/q+1/i22D,24D2. The predicted octanol–water partition coefficient (Wildman–Crippen LogP) is 9.73. The number of pyridine rings is 1. The highest BCUT2D eigenvalue weighted by molar-refractivity contribution is 6.88. The summed E-state index contributed by atoms with van der Waals surface area (Å²) in [6.07, 6.45) is -1.46. The predicted molar refractivity (Wildman–Crippen MR) is 187 cm³/mol. The number of hydrogen-bond donors (Lipinski definition) is 0. The molecule has 0 aliphatic heterocycles. The van der Waals surface area contributed by atoms with Crippen molar-refractivity contribution in [3.63, 3.8) is 0 Å². The van der Waals surface area contributed by atoms with Gasteiger partial charge in [0.25, 0.3) is 0 Å². The van der Waals surface area contributed by atoms with Crippen molar-refractivity contribution in [2.75, 3.05) is 0 Å². The molecule has 0 saturated heterocycles. The molecule has 0 aliphatic carbocycles. The van der Waals surface area contributed by atoms with E-state index >= 15 is 0 Å². The summed E-state index contributed by atoms with van der Waals surface area (Å²) in [6.45, 7) is 14.7. The van der Waals surface area contributed by atoms with Gasteiger partial charge in [-0.3, -0.25) is 0 Å². The van der Waals surface area contributed by atoms with Gasteiger partial charge in [0, 0.05) is 31.2 Å². The molecule has 3 nitrogen and oxygen atoms in total. The molecule has 6 rings (SSSR count). The van der Waals surface area contributed by atoms with Crippen molar-refractivity contribution in [3.8, 4) is 39.6 Å². The second-order valence-corrected chi connectivity index (χ2v) is 18.9. The van der Waals surface area contributed by atoms with Gasteiger partial charge in [-0.15, -0.1) is 0 Å². The van der Waals surface area contributed by atoms with Crippen LogP contribution in [0.3, 0.4) is 0 Å². The summed E-state index contributed by atoms with van der Waals surface area (Å²) in [4.78, 5) is 0. The maximum absolute atomic E-state index is 10.2. The molecule has 0 N–H and O–H groups in total. The van der Waals surface area contributed by atoms with E-state index < -0.39 is 19.9 Å². The largest absolute Gasteiger partial charge is 0.454 e. The van der Waals surface area contributed by atoms with Crippen LogP contribution in [0.2, 0.25) is 19.6 Å². The number of nitrogens with zero attached hydrogens (tertiary/aromatic N) is 2. The average Bonchev–Trinajstić information content (AvgIpc) is 3.39. The lowest BCUT2D eigenvalue weighted by Gasteiger charge is -2.18. The van der Waals surface area contributed by atoms with E-state index in [-0.39, 0.29) is 6.17 Å². The quantitative estimate of drug-likeness (QED) is 0.147. The van der Waals surface area contributed by atoms with Gasteiger partial charge in [0.2, 0.25) is 5.69 Å². The molecule has 0 unspecified atom stereocenters. The third kappa shape index (κ3) is 5.49. The molecular formula is C40H41N2OSi+. The van der Waals surface area contributed by atoms with Gasteiger partial charge in [-0.1, -0.05) is 106 Å². The average molecular weight is 597 g/mol. The number of nitriles is 1. The number of benzene rings is 4. The van der Waals surface area contributed by atoms with Crippen LogP contribution in [0.4, 0.5) is 0 Å². The molecule has 4 heteroatoms. The highest BCUT2D eigenvalue weighted by atomic mass is 28.3. The molecule has 0 saturated carbocycles. The summed E-state index contributed by atoms with van der Waals surface area (Å²) in [5.41, 5.74) is 7.96. The lowest BCUT2D eigenvalue weighted by Crippen LogP contribution is -2.37. The van der Waals surface area contributed by atoms with E-state index in [9.17, 15) is 5.26 Å². The minimum Gasteiger partial charge on any atom is -0.454 e. The van der Waals surface area contributed by atoms with Gasteiger partial charge in [0.05, 0.1) is 25.3 Å². The Morgan fingerprint density at radius 1 is 0.818 bits per heavy atom. The summed E-state index contributed by atoms with van der Waals surface area (Å²) in [5, 5.41) is 13.4. The summed E-state index contributed by atoms with van der Waals surface area (Å²) in [7, 11) is 0.444. The number of fused-ring (bicyclic) bond motifs is 3. The fourth-order valence-electron chi connectivity index (χ4n) is 5.96. The molecule has 44 heavy (non-hydrogen) atoms. The van der Waals surface area contributed by atoms with Crippen molar-refractivity contribution in [2.24, 2.45) is 12.5 Å². The second kappa shape index (κ2) is 10.9. The molecule has 0 amide bonds. The summed E-state index contributed by atoms with van der Waals surface area (Å²) in [6, 6.07) is 30.9. The molecule has 6 aromatic rings. The van der Waals surface area contributed by atoms with E-state index in [2.05, 4.69) is 74.2 Å². The van der Waals surface area contributed by atoms with E-state index in [0.29, 0.717) is 28.0 Å². The van der Waals surface area contributed by atoms with Crippen LogP contribution in [-0.4, -0.2) is 8.07 Å². The van der Waals surface area contributed by atoms with E-state index in [1.165, 1.54) is 5.19 Å². The minimum absolute atomic E-state index is 0.209. The zero-order chi connectivity index (χ0) is 34.1. The van der Waals surface area contributed by atoms with Crippen LogP contribution >= 0.6 is 0 Å². The topological polar surface area (TPSA) is 40.8 Å². The van der Waals surface area contributed by atoms with E-state index in [0.717, 1.165) is 44.2 Å². The first-order chi connectivity index (χ1) is 22.0. The van der Waals surface area contributed by atoms with Gasteiger partial charge in [-0.05, 0) is 58.7 Å². The fourth-order valence-corrected chi connectivity index (χ4v) is 7.13. The van der Waals surface area contributed by atoms with E-state index in [4.69, 9.17) is 8.53 Å². The Morgan fingerprint density at radius 3 is 1.98 bits per heavy atom. The second-order valence-electron chi connectivity index (χ2n) is 13.8. The van der Waals surface area contributed by atoms with Crippen LogP contribution in [-0.2, 0) is 13.4 Å². The number of aromatic nitrogens is 1. The highest BCUT2D eigenvalue weighted by Crippen LogP contribution is 2.42. The fraction of sp³-hybridized carbons (Fsp3) is 0.250. The lowest BCUT2D eigenvalue weighted by molar-refractivity contribution is -0.660. The number of furan rings is 1. The zero-order valence-electron chi connectivity index (χ0n) is 29.9. The van der Waals surface area contributed by atoms with Crippen molar-refractivity contribution < 1.29 is 13.1 Å². The van der Waals surface area contributed by atoms with Gasteiger partial charge < -0.3 is 4.42 Å². The van der Waals surface area contributed by atoms with Crippen LogP contribution < -0.4 is 9.75 Å². The summed E-state index contributed by atoms with van der Waals surface area (Å²) >= 11 is 0. The molecule has 2 aromatic heterocycles. The van der Waals surface area contributed by atoms with Crippen LogP contribution in [0, 0.1) is 23.7 Å². The van der Waals surface area contributed by atoms with Crippen LogP contribution in [0.15, 0.2) is 95.5 Å². The normalized spacial score (nSPS) is 13.5. The molecule has 0 radical (unpaired) electrons. The lowest BCUT2D eigenvalue weighted by atomic mass is 9.87. The zero-order valence-corrected chi connectivity index (χ0v) is 27.9. The number of rotatable bonds is 5. The third-order valence-corrected chi connectivity index (χ3v) is 10.3. The maximum atomic E-state index is 10.2. The van der Waals surface area contributed by atoms with Crippen molar-refractivity contribution >= 4 is 35.2 Å². The molecule has 0 aliphatic rings. The Hall–Kier alpha value is -4.46. The van der Waals surface area contributed by atoms with Crippen molar-refractivity contribution in [3.05, 3.63) is 108 Å². The number of aryl methyl sites for hydroxylation is 1. The first-order valence-electron chi connectivity index (χ1n) is 16.6. The van der Waals surface area contributed by atoms with Crippen LogP contribution in [0.1, 0.15) is 41.6 Å². The van der Waals surface area contributed by atoms with Crippen molar-refractivity contribution in [2.45, 2.75) is 53.7 Å². The Balaban J connectivity index is 1.54. The van der Waals surface area contributed by atoms with Crippen LogP contribution in [0.25, 0.3) is 55.4 Å². The van der Waals surface area contributed by atoms with Gasteiger partial charge >= 0.3 is 0 Å². The Morgan fingerprint density at radius 2 is 1.39 bits per heavy atom. The first-order valence-corrected chi connectivity index (χ1v) is 18.6. The van der Waals surface area contributed by atoms with Gasteiger partial charge in [0.15, 0.2) is 6.17 Å². The molecule has 220 valence electrons. The molecular weight excluding hydrogens is 553 g/mol. The first kappa shape index (κ1) is 26.0. The minimum atomic E-state index is -1.67. The van der Waals surface area contributed by atoms with Gasteiger partial charge in [-0.2, -0.15) is 5.26 Å². The Kier molecular flexibility index (Phi) is 6.44. The van der Waals surface area contributed by atoms with Crippen molar-refractivity contribution in [1.29, 1.82) is 5.26 Å². The molecule has 0 fully saturated rings. The van der Waals surface area contributed by atoms with Gasteiger partial charge in [0.1, 0.15) is 19.6 Å². The van der Waals surface area contributed by atoms with E-state index in [1.807, 2.05) is 65.1 Å². The molecule has 0 bridgehead atoms. The molecule has 0 spiro atoms. The number of hydrogen-bond acceptors (Lipinski definition) is 2. The molecule has 4 aromatic carbocycles.